The molecule has 28 heavy (non-hydrogen) atoms. The lowest BCUT2D eigenvalue weighted by Crippen LogP contribution is -2.30. The molecule has 146 valence electrons. The third-order valence-electron chi connectivity index (χ3n) is 3.90. The number of rotatable bonds is 7. The van der Waals surface area contributed by atoms with Gasteiger partial charge in [-0.25, -0.2) is 4.98 Å². The van der Waals surface area contributed by atoms with Crippen LogP contribution in [0.4, 0.5) is 5.69 Å². The topological polar surface area (TPSA) is 77.5 Å². The highest BCUT2D eigenvalue weighted by Gasteiger charge is 2.20. The van der Waals surface area contributed by atoms with Gasteiger partial charge in [0.25, 0.3) is 5.91 Å². The van der Waals surface area contributed by atoms with Gasteiger partial charge in [-0.05, 0) is 43.0 Å². The molecule has 2 heterocycles. The molecule has 0 saturated heterocycles. The molecule has 1 amide bonds. The Kier molecular flexibility index (Phi) is 6.43. The fraction of sp³-hybridized carbons (Fsp3) is 0.250. The zero-order valence-electron chi connectivity index (χ0n) is 15.7. The van der Waals surface area contributed by atoms with E-state index in [9.17, 15) is 9.59 Å². The summed E-state index contributed by atoms with van der Waals surface area (Å²) in [5.41, 5.74) is 2.15. The Morgan fingerprint density at radius 1 is 1.25 bits per heavy atom. The average Bonchev–Trinajstić information content (AvgIpc) is 3.33. The van der Waals surface area contributed by atoms with E-state index >= 15 is 0 Å². The summed E-state index contributed by atoms with van der Waals surface area (Å²) in [4.78, 5) is 30.1. The second-order valence-corrected chi connectivity index (χ2v) is 7.93. The second kappa shape index (κ2) is 8.99. The lowest BCUT2D eigenvalue weighted by Gasteiger charge is -2.15. The molecule has 3 aromatic rings. The third kappa shape index (κ3) is 4.96. The van der Waals surface area contributed by atoms with Crippen LogP contribution in [0.5, 0.6) is 5.75 Å². The van der Waals surface area contributed by atoms with Crippen LogP contribution in [0.15, 0.2) is 41.1 Å². The number of amides is 1. The number of methoxy groups -OCH3 is 1. The predicted octanol–water partition coefficient (Wildman–Crippen LogP) is 4.30. The van der Waals surface area contributed by atoms with E-state index in [-0.39, 0.29) is 6.42 Å². The molecule has 8 heteroatoms. The molecule has 0 spiro atoms. The molecule has 0 saturated carbocycles. The van der Waals surface area contributed by atoms with Crippen LogP contribution >= 0.6 is 22.7 Å². The summed E-state index contributed by atoms with van der Waals surface area (Å²) in [6.45, 7) is 3.45. The van der Waals surface area contributed by atoms with Gasteiger partial charge < -0.3 is 14.8 Å². The molecule has 0 aliphatic rings. The van der Waals surface area contributed by atoms with Crippen LogP contribution < -0.4 is 10.1 Å². The van der Waals surface area contributed by atoms with Crippen LogP contribution in [-0.2, 0) is 20.7 Å². The van der Waals surface area contributed by atoms with Crippen molar-refractivity contribution in [1.29, 1.82) is 0 Å². The van der Waals surface area contributed by atoms with Gasteiger partial charge >= 0.3 is 5.97 Å². The minimum Gasteiger partial charge on any atom is -0.495 e. The summed E-state index contributed by atoms with van der Waals surface area (Å²) >= 11 is 3.08. The SMILES string of the molecule is COc1ccc(C)cc1NC(=O)[C@H](C)OC(=O)Cc1csc(-c2cccs2)n1. The largest absolute Gasteiger partial charge is 0.495 e. The number of hydrogen-bond donors (Lipinski definition) is 1. The van der Waals surface area contributed by atoms with Crippen LogP contribution in [0.1, 0.15) is 18.2 Å². The molecular weight excluding hydrogens is 396 g/mol. The first kappa shape index (κ1) is 20.0. The van der Waals surface area contributed by atoms with Crippen molar-refractivity contribution in [3.63, 3.8) is 0 Å². The first-order valence-electron chi connectivity index (χ1n) is 8.59. The summed E-state index contributed by atoms with van der Waals surface area (Å²) < 4.78 is 10.5. The van der Waals surface area contributed by atoms with Crippen molar-refractivity contribution < 1.29 is 19.1 Å². The molecule has 0 aliphatic carbocycles. The van der Waals surface area contributed by atoms with Gasteiger partial charge in [-0.2, -0.15) is 0 Å². The van der Waals surface area contributed by atoms with Crippen LogP contribution in [0, 0.1) is 6.92 Å². The maximum Gasteiger partial charge on any atom is 0.312 e. The number of aromatic nitrogens is 1. The van der Waals surface area contributed by atoms with Crippen molar-refractivity contribution in [2.24, 2.45) is 0 Å². The number of hydrogen-bond acceptors (Lipinski definition) is 7. The molecule has 0 aliphatic heterocycles. The van der Waals surface area contributed by atoms with Crippen molar-refractivity contribution in [1.82, 2.24) is 4.98 Å². The van der Waals surface area contributed by atoms with Crippen molar-refractivity contribution in [3.8, 4) is 15.6 Å². The molecule has 0 fully saturated rings. The number of nitrogens with zero attached hydrogens (tertiary/aromatic N) is 1. The monoisotopic (exact) mass is 416 g/mol. The Balaban J connectivity index is 1.57. The van der Waals surface area contributed by atoms with Gasteiger partial charge in [0.05, 0.1) is 29.8 Å². The van der Waals surface area contributed by atoms with Gasteiger partial charge in [0.15, 0.2) is 6.10 Å². The number of anilines is 1. The van der Waals surface area contributed by atoms with E-state index < -0.39 is 18.0 Å². The minimum absolute atomic E-state index is 0.0211. The van der Waals surface area contributed by atoms with Gasteiger partial charge in [0, 0.05) is 5.38 Å². The predicted molar refractivity (Wildman–Crippen MR) is 111 cm³/mol. The molecule has 0 bridgehead atoms. The number of thiazole rings is 1. The number of ether oxygens (including phenoxy) is 2. The van der Waals surface area contributed by atoms with E-state index in [0.29, 0.717) is 17.1 Å². The third-order valence-corrected chi connectivity index (χ3v) is 5.83. The first-order chi connectivity index (χ1) is 13.5. The van der Waals surface area contributed by atoms with E-state index in [2.05, 4.69) is 10.3 Å². The molecule has 6 nitrogen and oxygen atoms in total. The number of nitrogens with one attached hydrogen (secondary N) is 1. The summed E-state index contributed by atoms with van der Waals surface area (Å²) in [6.07, 6.45) is -0.916. The maximum absolute atomic E-state index is 12.4. The standard InChI is InChI=1S/C20H20N2O4S2/c1-12-6-7-16(25-3)15(9-12)22-19(24)13(2)26-18(23)10-14-11-28-20(21-14)17-5-4-8-27-17/h4-9,11,13H,10H2,1-3H3,(H,22,24)/t13-/m0/s1. The van der Waals surface area contributed by atoms with Crippen LogP contribution in [0.25, 0.3) is 9.88 Å². The fourth-order valence-electron chi connectivity index (χ4n) is 2.50. The molecule has 1 N–H and O–H groups in total. The normalized spacial score (nSPS) is 11.7. The molecule has 0 radical (unpaired) electrons. The van der Waals surface area contributed by atoms with E-state index in [4.69, 9.17) is 9.47 Å². The zero-order valence-corrected chi connectivity index (χ0v) is 17.4. The Hall–Kier alpha value is -2.71. The number of esters is 1. The minimum atomic E-state index is -0.937. The zero-order chi connectivity index (χ0) is 20.1. The van der Waals surface area contributed by atoms with Crippen LogP contribution in [-0.4, -0.2) is 30.1 Å². The second-order valence-electron chi connectivity index (χ2n) is 6.12. The van der Waals surface area contributed by atoms with Crippen molar-refractivity contribution in [3.05, 3.63) is 52.3 Å². The van der Waals surface area contributed by atoms with Crippen molar-refractivity contribution >= 4 is 40.2 Å². The Morgan fingerprint density at radius 3 is 2.79 bits per heavy atom. The summed E-state index contributed by atoms with van der Waals surface area (Å²) in [7, 11) is 1.53. The summed E-state index contributed by atoms with van der Waals surface area (Å²) in [5, 5.41) is 7.42. The van der Waals surface area contributed by atoms with E-state index in [1.807, 2.05) is 35.9 Å². The Labute approximate surface area is 171 Å². The lowest BCUT2D eigenvalue weighted by atomic mass is 10.2. The van der Waals surface area contributed by atoms with Gasteiger partial charge in [-0.1, -0.05) is 12.1 Å². The molecule has 0 unspecified atom stereocenters. The molecule has 1 aromatic carbocycles. The lowest BCUT2D eigenvalue weighted by molar-refractivity contribution is -0.152. The highest BCUT2D eigenvalue weighted by Crippen LogP contribution is 2.28. The number of benzene rings is 1. The summed E-state index contributed by atoms with van der Waals surface area (Å²) in [5.74, 6) is -0.377. The number of aryl methyl sites for hydroxylation is 1. The molecule has 2 aromatic heterocycles. The first-order valence-corrected chi connectivity index (χ1v) is 10.4. The van der Waals surface area contributed by atoms with Crippen molar-refractivity contribution in [2.75, 3.05) is 12.4 Å². The highest BCUT2D eigenvalue weighted by atomic mass is 32.1. The van der Waals surface area contributed by atoms with Gasteiger partial charge in [-0.3, -0.25) is 9.59 Å². The fourth-order valence-corrected chi connectivity index (χ4v) is 4.13. The van der Waals surface area contributed by atoms with Crippen LogP contribution in [0.2, 0.25) is 0 Å². The van der Waals surface area contributed by atoms with Gasteiger partial charge in [0.2, 0.25) is 0 Å². The Bertz CT molecular complexity index is 967. The summed E-state index contributed by atoms with van der Waals surface area (Å²) in [6, 6.07) is 9.40. The van der Waals surface area contributed by atoms with Gasteiger partial charge in [0.1, 0.15) is 10.8 Å². The quantitative estimate of drug-likeness (QED) is 0.581. The van der Waals surface area contributed by atoms with Crippen molar-refractivity contribution in [2.45, 2.75) is 26.4 Å². The van der Waals surface area contributed by atoms with E-state index in [1.165, 1.54) is 25.4 Å². The molecular formula is C20H20N2O4S2. The average molecular weight is 417 g/mol. The van der Waals surface area contributed by atoms with E-state index in [1.54, 1.807) is 23.5 Å². The number of carbonyl (C=O) groups excluding carboxylic acids is 2. The van der Waals surface area contributed by atoms with Gasteiger partial charge in [-0.15, -0.1) is 22.7 Å². The number of carbonyl (C=O) groups is 2. The maximum atomic E-state index is 12.4. The molecule has 3 rings (SSSR count). The van der Waals surface area contributed by atoms with Crippen LogP contribution in [0.3, 0.4) is 0 Å². The highest BCUT2D eigenvalue weighted by molar-refractivity contribution is 7.20. The number of thiophene rings is 1. The Morgan fingerprint density at radius 2 is 2.07 bits per heavy atom. The van der Waals surface area contributed by atoms with E-state index in [0.717, 1.165) is 15.4 Å². The molecule has 1 atom stereocenters. The smallest absolute Gasteiger partial charge is 0.312 e.